The first kappa shape index (κ1) is 16.0. The van der Waals surface area contributed by atoms with Gasteiger partial charge in [-0.1, -0.05) is 6.07 Å². The van der Waals surface area contributed by atoms with E-state index in [2.05, 4.69) is 10.4 Å². The molecule has 1 unspecified atom stereocenters. The van der Waals surface area contributed by atoms with Gasteiger partial charge in [0.1, 0.15) is 11.6 Å². The van der Waals surface area contributed by atoms with Crippen molar-refractivity contribution in [1.29, 1.82) is 0 Å². The van der Waals surface area contributed by atoms with E-state index in [0.717, 1.165) is 25.9 Å². The Morgan fingerprint density at radius 2 is 2.04 bits per heavy atom. The standard InChI is InChI=1S/C19H19F2N3O/c20-14-4-1-5-16(9-14)24-18-7-6-15(21)10-17(18)19(23-24)25-12-13-3-2-8-22-11-13/h1,4-7,9-10,13,22H,2-3,8,11-12H2. The normalized spacial score (nSPS) is 17.8. The van der Waals surface area contributed by atoms with Crippen LogP contribution in [0.1, 0.15) is 12.8 Å². The third kappa shape index (κ3) is 3.35. The monoisotopic (exact) mass is 343 g/mol. The molecule has 0 saturated carbocycles. The number of fused-ring (bicyclic) bond motifs is 1. The van der Waals surface area contributed by atoms with Gasteiger partial charge in [-0.3, -0.25) is 0 Å². The molecule has 2 aromatic carbocycles. The smallest absolute Gasteiger partial charge is 0.241 e. The fourth-order valence-electron chi connectivity index (χ4n) is 3.24. The van der Waals surface area contributed by atoms with Crippen molar-refractivity contribution < 1.29 is 13.5 Å². The van der Waals surface area contributed by atoms with Gasteiger partial charge < -0.3 is 10.1 Å². The molecule has 6 heteroatoms. The molecule has 1 fully saturated rings. The van der Waals surface area contributed by atoms with E-state index in [0.29, 0.717) is 35.0 Å². The average molecular weight is 343 g/mol. The maximum absolute atomic E-state index is 13.7. The van der Waals surface area contributed by atoms with Crippen molar-refractivity contribution in [3.63, 3.8) is 0 Å². The molecule has 1 aliphatic heterocycles. The SMILES string of the molecule is Fc1cccc(-n2nc(OCC3CCCNC3)c3cc(F)ccc32)c1. The number of benzene rings is 2. The van der Waals surface area contributed by atoms with Crippen LogP contribution < -0.4 is 10.1 Å². The number of ether oxygens (including phenoxy) is 1. The minimum Gasteiger partial charge on any atom is -0.476 e. The van der Waals surface area contributed by atoms with Crippen LogP contribution in [0.4, 0.5) is 8.78 Å². The van der Waals surface area contributed by atoms with Crippen molar-refractivity contribution in [2.75, 3.05) is 19.7 Å². The molecule has 4 rings (SSSR count). The van der Waals surface area contributed by atoms with E-state index in [1.54, 1.807) is 22.9 Å². The number of hydrogen-bond acceptors (Lipinski definition) is 3. The van der Waals surface area contributed by atoms with E-state index in [9.17, 15) is 8.78 Å². The quantitative estimate of drug-likeness (QED) is 0.785. The van der Waals surface area contributed by atoms with Crippen LogP contribution in [-0.4, -0.2) is 29.5 Å². The minimum absolute atomic E-state index is 0.348. The predicted octanol–water partition coefficient (Wildman–Crippen LogP) is 3.68. The first-order valence-electron chi connectivity index (χ1n) is 8.48. The molecule has 25 heavy (non-hydrogen) atoms. The second kappa shape index (κ2) is 6.80. The van der Waals surface area contributed by atoms with Gasteiger partial charge in [-0.05, 0) is 55.8 Å². The van der Waals surface area contributed by atoms with Gasteiger partial charge in [0.2, 0.25) is 5.88 Å². The molecule has 0 amide bonds. The van der Waals surface area contributed by atoms with E-state index >= 15 is 0 Å². The lowest BCUT2D eigenvalue weighted by Gasteiger charge is -2.22. The molecular formula is C19H19F2N3O. The van der Waals surface area contributed by atoms with Crippen LogP contribution in [-0.2, 0) is 0 Å². The Morgan fingerprint density at radius 3 is 2.84 bits per heavy atom. The highest BCUT2D eigenvalue weighted by atomic mass is 19.1. The highest BCUT2D eigenvalue weighted by Crippen LogP contribution is 2.29. The van der Waals surface area contributed by atoms with Crippen LogP contribution >= 0.6 is 0 Å². The van der Waals surface area contributed by atoms with Crippen LogP contribution in [0.3, 0.4) is 0 Å². The van der Waals surface area contributed by atoms with Crippen molar-refractivity contribution in [1.82, 2.24) is 15.1 Å². The molecule has 0 radical (unpaired) electrons. The third-order valence-electron chi connectivity index (χ3n) is 4.52. The summed E-state index contributed by atoms with van der Waals surface area (Å²) in [4.78, 5) is 0. The topological polar surface area (TPSA) is 39.1 Å². The number of piperidine rings is 1. The Hall–Kier alpha value is -2.47. The first-order chi connectivity index (χ1) is 12.2. The molecule has 2 heterocycles. The number of halogens is 2. The number of aromatic nitrogens is 2. The van der Waals surface area contributed by atoms with Crippen molar-refractivity contribution in [3.8, 4) is 11.6 Å². The predicted molar refractivity (Wildman–Crippen MR) is 92.1 cm³/mol. The summed E-state index contributed by atoms with van der Waals surface area (Å²) >= 11 is 0. The molecule has 1 aromatic heterocycles. The number of rotatable bonds is 4. The maximum Gasteiger partial charge on any atom is 0.241 e. The number of hydrogen-bond donors (Lipinski definition) is 1. The molecule has 0 aliphatic carbocycles. The Bertz CT molecular complexity index is 888. The Balaban J connectivity index is 1.69. The third-order valence-corrected chi connectivity index (χ3v) is 4.52. The van der Waals surface area contributed by atoms with E-state index in [1.165, 1.54) is 24.3 Å². The summed E-state index contributed by atoms with van der Waals surface area (Å²) in [6.07, 6.45) is 2.23. The van der Waals surface area contributed by atoms with Gasteiger partial charge in [0.15, 0.2) is 0 Å². The Labute approximate surface area is 144 Å². The summed E-state index contributed by atoms with van der Waals surface area (Å²) < 4.78 is 34.8. The fourth-order valence-corrected chi connectivity index (χ4v) is 3.24. The summed E-state index contributed by atoms with van der Waals surface area (Å²) in [5, 5.41) is 8.41. The zero-order chi connectivity index (χ0) is 17.2. The zero-order valence-electron chi connectivity index (χ0n) is 13.7. The van der Waals surface area contributed by atoms with Gasteiger partial charge in [-0.15, -0.1) is 5.10 Å². The van der Waals surface area contributed by atoms with Gasteiger partial charge >= 0.3 is 0 Å². The number of nitrogens with zero attached hydrogens (tertiary/aromatic N) is 2. The molecule has 3 aromatic rings. The number of nitrogens with one attached hydrogen (secondary N) is 1. The largest absolute Gasteiger partial charge is 0.476 e. The van der Waals surface area contributed by atoms with Gasteiger partial charge in [0.05, 0.1) is 23.2 Å². The lowest BCUT2D eigenvalue weighted by atomic mass is 10.0. The van der Waals surface area contributed by atoms with Gasteiger partial charge in [0.25, 0.3) is 0 Å². The van der Waals surface area contributed by atoms with Crippen molar-refractivity contribution in [3.05, 3.63) is 54.1 Å². The van der Waals surface area contributed by atoms with Crippen LogP contribution in [0.15, 0.2) is 42.5 Å². The van der Waals surface area contributed by atoms with Crippen LogP contribution in [0, 0.1) is 17.6 Å². The summed E-state index contributed by atoms with van der Waals surface area (Å²) in [5.74, 6) is 0.0931. The fraction of sp³-hybridized carbons (Fsp3) is 0.316. The summed E-state index contributed by atoms with van der Waals surface area (Å²) in [7, 11) is 0. The Kier molecular flexibility index (Phi) is 4.36. The van der Waals surface area contributed by atoms with Crippen molar-refractivity contribution in [2.24, 2.45) is 5.92 Å². The molecular weight excluding hydrogens is 324 g/mol. The van der Waals surface area contributed by atoms with Gasteiger partial charge in [0, 0.05) is 12.5 Å². The molecule has 1 saturated heterocycles. The lowest BCUT2D eigenvalue weighted by Crippen LogP contribution is -2.33. The van der Waals surface area contributed by atoms with Crippen molar-refractivity contribution in [2.45, 2.75) is 12.8 Å². The summed E-state index contributed by atoms with van der Waals surface area (Å²) in [6, 6.07) is 10.6. The lowest BCUT2D eigenvalue weighted by molar-refractivity contribution is 0.213. The Morgan fingerprint density at radius 1 is 1.16 bits per heavy atom. The first-order valence-corrected chi connectivity index (χ1v) is 8.48. The molecule has 4 nitrogen and oxygen atoms in total. The summed E-state index contributed by atoms with van der Waals surface area (Å²) in [6.45, 7) is 2.48. The van der Waals surface area contributed by atoms with E-state index in [4.69, 9.17) is 4.74 Å². The second-order valence-electron chi connectivity index (χ2n) is 6.38. The summed E-state index contributed by atoms with van der Waals surface area (Å²) in [5.41, 5.74) is 1.26. The minimum atomic E-state index is -0.351. The van der Waals surface area contributed by atoms with Crippen LogP contribution in [0.5, 0.6) is 5.88 Å². The van der Waals surface area contributed by atoms with E-state index in [-0.39, 0.29) is 11.6 Å². The molecule has 1 atom stereocenters. The van der Waals surface area contributed by atoms with Crippen LogP contribution in [0.25, 0.3) is 16.6 Å². The highest BCUT2D eigenvalue weighted by Gasteiger charge is 2.18. The molecule has 1 N–H and O–H groups in total. The molecule has 130 valence electrons. The van der Waals surface area contributed by atoms with Gasteiger partial charge in [-0.2, -0.15) is 0 Å². The zero-order valence-corrected chi connectivity index (χ0v) is 13.7. The van der Waals surface area contributed by atoms with Gasteiger partial charge in [-0.25, -0.2) is 13.5 Å². The highest BCUT2D eigenvalue weighted by molar-refractivity contribution is 5.86. The van der Waals surface area contributed by atoms with Crippen molar-refractivity contribution >= 4 is 10.9 Å². The average Bonchev–Trinajstić information content (AvgIpc) is 2.99. The second-order valence-corrected chi connectivity index (χ2v) is 6.38. The van der Waals surface area contributed by atoms with E-state index < -0.39 is 0 Å². The van der Waals surface area contributed by atoms with E-state index in [1.807, 2.05) is 0 Å². The molecule has 0 bridgehead atoms. The molecule has 0 spiro atoms. The maximum atomic E-state index is 13.7. The van der Waals surface area contributed by atoms with Crippen LogP contribution in [0.2, 0.25) is 0 Å². The molecule has 1 aliphatic rings.